The number of nitrogens with one attached hydrogen (secondary N) is 2. The monoisotopic (exact) mass is 674 g/mol. The Morgan fingerprint density at radius 1 is 1.02 bits per heavy atom. The minimum atomic E-state index is -3.97. The van der Waals surface area contributed by atoms with E-state index in [0.717, 1.165) is 83.2 Å². The molecule has 2 amide bonds. The summed E-state index contributed by atoms with van der Waals surface area (Å²) in [5.41, 5.74) is 5.23. The van der Waals surface area contributed by atoms with Crippen molar-refractivity contribution in [3.63, 3.8) is 0 Å². The fraction of sp³-hybridized carbons (Fsp3) is 0.556. The van der Waals surface area contributed by atoms with Gasteiger partial charge in [0.05, 0.1) is 30.3 Å². The molecule has 4 heterocycles. The number of likely N-dealkylation sites (N-methyl/N-ethyl adjacent to an activating group) is 1. The van der Waals surface area contributed by atoms with Crippen molar-refractivity contribution >= 4 is 32.9 Å². The number of carbonyl (C=O) groups excluding carboxylic acids is 2. The number of benzene rings is 2. The first kappa shape index (κ1) is 31.8. The molecule has 0 spiro atoms. The highest BCUT2D eigenvalue weighted by Crippen LogP contribution is 2.66. The van der Waals surface area contributed by atoms with Crippen LogP contribution in [0.15, 0.2) is 36.4 Å². The highest BCUT2D eigenvalue weighted by Gasteiger charge is 2.65. The molecule has 4 unspecified atom stereocenters. The lowest BCUT2D eigenvalue weighted by atomic mass is 9.81. The van der Waals surface area contributed by atoms with Crippen LogP contribution in [0.3, 0.4) is 0 Å². The zero-order chi connectivity index (χ0) is 33.5. The Labute approximate surface area is 282 Å². The predicted octanol–water partition coefficient (Wildman–Crippen LogP) is 3.50. The van der Waals surface area contributed by atoms with E-state index < -0.39 is 21.5 Å². The maximum absolute atomic E-state index is 15.1. The fourth-order valence-corrected chi connectivity index (χ4v) is 9.82. The Balaban J connectivity index is 1.32. The molecule has 2 N–H and O–H groups in total. The van der Waals surface area contributed by atoms with Crippen molar-refractivity contribution < 1.29 is 22.7 Å². The molecule has 2 bridgehead atoms. The van der Waals surface area contributed by atoms with Crippen molar-refractivity contribution in [1.82, 2.24) is 28.7 Å². The van der Waals surface area contributed by atoms with Gasteiger partial charge in [0.1, 0.15) is 5.75 Å². The third-order valence-corrected chi connectivity index (χ3v) is 13.1. The Bertz CT molecular complexity index is 1900. The molecule has 3 aliphatic heterocycles. The van der Waals surface area contributed by atoms with E-state index in [-0.39, 0.29) is 29.5 Å². The van der Waals surface area contributed by atoms with Gasteiger partial charge < -0.3 is 24.4 Å². The van der Waals surface area contributed by atoms with Gasteiger partial charge in [0.15, 0.2) is 0 Å². The molecule has 48 heavy (non-hydrogen) atoms. The molecule has 256 valence electrons. The minimum Gasteiger partial charge on any atom is -0.497 e. The molecule has 2 aliphatic carbocycles. The Morgan fingerprint density at radius 2 is 1.75 bits per heavy atom. The molecule has 11 nitrogen and oxygen atoms in total. The van der Waals surface area contributed by atoms with Crippen LogP contribution in [-0.2, 0) is 21.5 Å². The molecule has 2 saturated heterocycles. The van der Waals surface area contributed by atoms with E-state index in [0.29, 0.717) is 12.5 Å². The molecule has 5 aliphatic rings. The third kappa shape index (κ3) is 4.97. The second-order valence-corrected chi connectivity index (χ2v) is 16.8. The number of piperazine rings is 2. The summed E-state index contributed by atoms with van der Waals surface area (Å²) < 4.78 is 36.5. The van der Waals surface area contributed by atoms with Gasteiger partial charge in [-0.15, -0.1) is 0 Å². The average Bonchev–Trinajstić information content (AvgIpc) is 3.73. The van der Waals surface area contributed by atoms with Gasteiger partial charge >= 0.3 is 10.2 Å². The van der Waals surface area contributed by atoms with Crippen LogP contribution in [0.25, 0.3) is 22.2 Å². The van der Waals surface area contributed by atoms with Crippen LogP contribution in [0.4, 0.5) is 0 Å². The van der Waals surface area contributed by atoms with E-state index in [1.165, 1.54) is 38.9 Å². The van der Waals surface area contributed by atoms with Crippen LogP contribution in [0.5, 0.6) is 5.75 Å². The first-order chi connectivity index (χ1) is 23.0. The van der Waals surface area contributed by atoms with Gasteiger partial charge in [0.25, 0.3) is 5.91 Å². The molecular formula is C36H46N6O5S. The van der Waals surface area contributed by atoms with Crippen LogP contribution in [0.2, 0.25) is 0 Å². The zero-order valence-corrected chi connectivity index (χ0v) is 29.1. The predicted molar refractivity (Wildman–Crippen MR) is 184 cm³/mol. The summed E-state index contributed by atoms with van der Waals surface area (Å²) in [6, 6.07) is 12.1. The molecule has 3 aromatic rings. The van der Waals surface area contributed by atoms with Gasteiger partial charge in [0.2, 0.25) is 5.91 Å². The van der Waals surface area contributed by atoms with Crippen molar-refractivity contribution in [3.8, 4) is 17.0 Å². The summed E-state index contributed by atoms with van der Waals surface area (Å²) in [6.45, 7) is 3.77. The summed E-state index contributed by atoms with van der Waals surface area (Å²) in [6.07, 6.45) is 6.49. The maximum atomic E-state index is 15.1. The van der Waals surface area contributed by atoms with Crippen molar-refractivity contribution in [2.75, 3.05) is 54.4 Å². The quantitative estimate of drug-likeness (QED) is 0.412. The van der Waals surface area contributed by atoms with Crippen molar-refractivity contribution in [1.29, 1.82) is 0 Å². The van der Waals surface area contributed by atoms with Crippen molar-refractivity contribution in [3.05, 3.63) is 53.1 Å². The van der Waals surface area contributed by atoms with E-state index in [4.69, 9.17) is 4.74 Å². The maximum Gasteiger partial charge on any atom is 0.303 e. The molecule has 4 atom stereocenters. The normalized spacial score (nSPS) is 27.2. The lowest BCUT2D eigenvalue weighted by Gasteiger charge is -2.50. The number of carbonyl (C=O) groups is 2. The van der Waals surface area contributed by atoms with Gasteiger partial charge in [-0.25, -0.2) is 4.72 Å². The van der Waals surface area contributed by atoms with E-state index in [1.807, 2.05) is 18.2 Å². The first-order valence-corrected chi connectivity index (χ1v) is 18.8. The standard InChI is InChI=1S/C36H46N6O5S/c1-39(2)48(45,46)38-34(43)23-10-12-28-31(14-23)41-21-36(35(44)42-24-17-37-18-25(42)20-40(3)19-24)16-30(36)29-15-26(47-4)11-13-27(29)33(41)32(28)22-8-6-5-7-9-22/h10-15,22,24-25,30,37H,5-9,16-21H2,1-4H3,(H,38,43). The summed E-state index contributed by atoms with van der Waals surface area (Å²) in [5, 5.41) is 4.63. The average molecular weight is 675 g/mol. The van der Waals surface area contributed by atoms with E-state index in [2.05, 4.69) is 43.6 Å². The number of methoxy groups -OCH3 is 1. The van der Waals surface area contributed by atoms with Crippen LogP contribution >= 0.6 is 0 Å². The fourth-order valence-electron chi connectivity index (χ4n) is 9.29. The van der Waals surface area contributed by atoms with Gasteiger partial charge in [-0.05, 0) is 73.7 Å². The van der Waals surface area contributed by atoms with Gasteiger partial charge in [-0.3, -0.25) is 9.59 Å². The highest BCUT2D eigenvalue weighted by molar-refractivity contribution is 7.87. The number of hydrogen-bond acceptors (Lipinski definition) is 7. The molecule has 2 saturated carbocycles. The topological polar surface area (TPSA) is 116 Å². The second kappa shape index (κ2) is 11.6. The van der Waals surface area contributed by atoms with Crippen LogP contribution in [0, 0.1) is 5.41 Å². The summed E-state index contributed by atoms with van der Waals surface area (Å²) >= 11 is 0. The van der Waals surface area contributed by atoms with Crippen molar-refractivity contribution in [2.24, 2.45) is 5.41 Å². The lowest BCUT2D eigenvalue weighted by molar-refractivity contribution is -0.148. The Kier molecular flexibility index (Phi) is 7.66. The number of aromatic nitrogens is 1. The van der Waals surface area contributed by atoms with Gasteiger partial charge in [-0.1, -0.05) is 25.3 Å². The van der Waals surface area contributed by atoms with E-state index in [1.54, 1.807) is 13.2 Å². The lowest BCUT2D eigenvalue weighted by Crippen LogP contribution is -2.69. The number of amides is 2. The van der Waals surface area contributed by atoms with Crippen LogP contribution < -0.4 is 14.8 Å². The smallest absolute Gasteiger partial charge is 0.303 e. The minimum absolute atomic E-state index is 0.0503. The molecule has 4 fully saturated rings. The zero-order valence-electron chi connectivity index (χ0n) is 28.3. The third-order valence-electron chi connectivity index (χ3n) is 11.7. The number of nitrogens with zero attached hydrogens (tertiary/aromatic N) is 4. The summed E-state index contributed by atoms with van der Waals surface area (Å²) in [7, 11) is 2.64. The molecule has 2 aromatic carbocycles. The van der Waals surface area contributed by atoms with Crippen LogP contribution in [0.1, 0.15) is 71.8 Å². The van der Waals surface area contributed by atoms with E-state index in [9.17, 15) is 13.2 Å². The largest absolute Gasteiger partial charge is 0.497 e. The van der Waals surface area contributed by atoms with E-state index >= 15 is 4.79 Å². The molecule has 12 heteroatoms. The van der Waals surface area contributed by atoms with Gasteiger partial charge in [-0.2, -0.15) is 12.7 Å². The molecular weight excluding hydrogens is 629 g/mol. The first-order valence-electron chi connectivity index (χ1n) is 17.3. The van der Waals surface area contributed by atoms with Gasteiger partial charge in [0, 0.05) is 74.8 Å². The number of fused-ring (bicyclic) bond motifs is 9. The Morgan fingerprint density at radius 3 is 2.44 bits per heavy atom. The molecule has 8 rings (SSSR count). The van der Waals surface area contributed by atoms with Crippen molar-refractivity contribution in [2.45, 2.75) is 69.0 Å². The number of rotatable bonds is 6. The second-order valence-electron chi connectivity index (χ2n) is 14.9. The highest BCUT2D eigenvalue weighted by atomic mass is 32.2. The number of hydrogen-bond donors (Lipinski definition) is 2. The molecule has 1 aromatic heterocycles. The van der Waals surface area contributed by atoms with Crippen LogP contribution in [-0.4, -0.2) is 105 Å². The number of ether oxygens (including phenoxy) is 1. The summed E-state index contributed by atoms with van der Waals surface area (Å²) in [5.74, 6) is 0.741. The molecule has 0 radical (unpaired) electrons. The summed E-state index contributed by atoms with van der Waals surface area (Å²) in [4.78, 5) is 33.1. The SMILES string of the molecule is COc1ccc2c(c1)C1CC1(C(=O)N1C3CNCC1CN(C)C3)Cn1c-2c(C2CCCCC2)c2ccc(C(=O)NS(=O)(=O)N(C)C)cc21. The Hall–Kier alpha value is -3.45.